The third-order valence-electron chi connectivity index (χ3n) is 5.31. The molecule has 7 nitrogen and oxygen atoms in total. The van der Waals surface area contributed by atoms with Gasteiger partial charge in [-0.1, -0.05) is 13.3 Å². The van der Waals surface area contributed by atoms with Gasteiger partial charge in [0.1, 0.15) is 10.8 Å². The molecule has 1 aliphatic rings. The zero-order chi connectivity index (χ0) is 22.4. The number of hydrogen-bond acceptors (Lipinski definition) is 5. The first-order chi connectivity index (χ1) is 14.9. The molecule has 2 amide bonds. The maximum atomic E-state index is 13.2. The Hall–Kier alpha value is -2.87. The summed E-state index contributed by atoms with van der Waals surface area (Å²) in [7, 11) is 1.58. The fourth-order valence-corrected chi connectivity index (χ4v) is 5.11. The van der Waals surface area contributed by atoms with Crippen molar-refractivity contribution in [1.82, 2.24) is 0 Å². The monoisotopic (exact) mass is 444 g/mol. The summed E-state index contributed by atoms with van der Waals surface area (Å²) in [5.41, 5.74) is 2.19. The van der Waals surface area contributed by atoms with Gasteiger partial charge in [-0.3, -0.25) is 14.4 Å². The van der Waals surface area contributed by atoms with E-state index in [0.717, 1.165) is 42.5 Å². The highest BCUT2D eigenvalue weighted by molar-refractivity contribution is 7.17. The largest absolute Gasteiger partial charge is 0.497 e. The molecule has 8 heteroatoms. The highest BCUT2D eigenvalue weighted by atomic mass is 32.1. The van der Waals surface area contributed by atoms with E-state index in [4.69, 9.17) is 9.84 Å². The van der Waals surface area contributed by atoms with Gasteiger partial charge in [-0.25, -0.2) is 0 Å². The van der Waals surface area contributed by atoms with E-state index >= 15 is 0 Å². The summed E-state index contributed by atoms with van der Waals surface area (Å²) >= 11 is 1.46. The second kappa shape index (κ2) is 10.4. The lowest BCUT2D eigenvalue weighted by molar-refractivity contribution is -0.138. The number of hydrogen-bond donors (Lipinski definition) is 3. The second-order valence-corrected chi connectivity index (χ2v) is 9.01. The smallest absolute Gasteiger partial charge is 0.303 e. The number of fused-ring (bicyclic) bond motifs is 1. The van der Waals surface area contributed by atoms with Crippen molar-refractivity contribution >= 4 is 39.8 Å². The molecule has 1 aromatic carbocycles. The molecular weight excluding hydrogens is 416 g/mol. The van der Waals surface area contributed by atoms with E-state index in [-0.39, 0.29) is 30.6 Å². The molecule has 2 aromatic rings. The Kier molecular flexibility index (Phi) is 7.68. The fourth-order valence-electron chi connectivity index (χ4n) is 3.80. The van der Waals surface area contributed by atoms with Crippen LogP contribution < -0.4 is 15.4 Å². The number of thiophene rings is 1. The number of amides is 2. The van der Waals surface area contributed by atoms with Gasteiger partial charge in [-0.2, -0.15) is 0 Å². The van der Waals surface area contributed by atoms with Crippen LogP contribution in [0.1, 0.15) is 59.8 Å². The normalized spacial score (nSPS) is 14.1. The molecule has 0 fully saturated rings. The number of benzene rings is 1. The Morgan fingerprint density at radius 3 is 2.45 bits per heavy atom. The van der Waals surface area contributed by atoms with Gasteiger partial charge in [-0.05, 0) is 61.4 Å². The summed E-state index contributed by atoms with van der Waals surface area (Å²) in [6, 6.07) is 7.09. The molecule has 31 heavy (non-hydrogen) atoms. The summed E-state index contributed by atoms with van der Waals surface area (Å²) in [6.45, 7) is 1.73. The summed E-state index contributed by atoms with van der Waals surface area (Å²) in [5.74, 6) is -1.04. The summed E-state index contributed by atoms with van der Waals surface area (Å²) < 4.78 is 5.16. The van der Waals surface area contributed by atoms with Crippen molar-refractivity contribution in [1.29, 1.82) is 0 Å². The summed E-state index contributed by atoms with van der Waals surface area (Å²) in [6.07, 6.45) is 4.92. The van der Waals surface area contributed by atoms with Gasteiger partial charge in [0, 0.05) is 23.4 Å². The molecule has 0 bridgehead atoms. The number of carbonyl (C=O) groups excluding carboxylic acids is 2. The topological polar surface area (TPSA) is 105 Å². The van der Waals surface area contributed by atoms with Crippen molar-refractivity contribution in [3.05, 3.63) is 40.3 Å². The van der Waals surface area contributed by atoms with E-state index in [0.29, 0.717) is 22.0 Å². The summed E-state index contributed by atoms with van der Waals surface area (Å²) in [4.78, 5) is 37.8. The number of anilines is 2. The molecule has 3 rings (SSSR count). The van der Waals surface area contributed by atoms with Crippen molar-refractivity contribution in [2.75, 3.05) is 17.7 Å². The molecule has 0 saturated carbocycles. The van der Waals surface area contributed by atoms with Crippen LogP contribution in [-0.4, -0.2) is 30.0 Å². The molecule has 1 heterocycles. The van der Waals surface area contributed by atoms with Gasteiger partial charge < -0.3 is 20.5 Å². The molecule has 0 spiro atoms. The highest BCUT2D eigenvalue weighted by Crippen LogP contribution is 2.38. The maximum absolute atomic E-state index is 13.2. The Labute approximate surface area is 185 Å². The highest BCUT2D eigenvalue weighted by Gasteiger charge is 2.26. The van der Waals surface area contributed by atoms with Crippen LogP contribution in [0.3, 0.4) is 0 Å². The van der Waals surface area contributed by atoms with Crippen LogP contribution in [0.4, 0.5) is 10.7 Å². The number of ether oxygens (including phenoxy) is 1. The van der Waals surface area contributed by atoms with E-state index in [1.807, 2.05) is 0 Å². The zero-order valence-electron chi connectivity index (χ0n) is 17.8. The lowest BCUT2D eigenvalue weighted by atomic mass is 10.0. The molecule has 0 aliphatic heterocycles. The third kappa shape index (κ3) is 6.07. The lowest BCUT2D eigenvalue weighted by Gasteiger charge is -2.12. The number of aliphatic carboxylic acids is 1. The minimum atomic E-state index is -0.928. The van der Waals surface area contributed by atoms with Crippen LogP contribution in [0.25, 0.3) is 0 Å². The van der Waals surface area contributed by atoms with Gasteiger partial charge in [0.2, 0.25) is 5.91 Å². The average molecular weight is 445 g/mol. The quantitative estimate of drug-likeness (QED) is 0.511. The third-order valence-corrected chi connectivity index (χ3v) is 6.51. The van der Waals surface area contributed by atoms with Gasteiger partial charge >= 0.3 is 5.97 Å². The molecule has 0 saturated heterocycles. The van der Waals surface area contributed by atoms with E-state index in [9.17, 15) is 14.4 Å². The van der Waals surface area contributed by atoms with Crippen LogP contribution >= 0.6 is 11.3 Å². The number of nitrogens with one attached hydrogen (secondary N) is 2. The zero-order valence-corrected chi connectivity index (χ0v) is 18.6. The van der Waals surface area contributed by atoms with Crippen LogP contribution in [0.15, 0.2) is 24.3 Å². The van der Waals surface area contributed by atoms with Crippen LogP contribution in [0.5, 0.6) is 5.75 Å². The van der Waals surface area contributed by atoms with Gasteiger partial charge in [0.15, 0.2) is 0 Å². The molecule has 1 atom stereocenters. The van der Waals surface area contributed by atoms with E-state index in [1.165, 1.54) is 11.3 Å². The van der Waals surface area contributed by atoms with Crippen LogP contribution in [-0.2, 0) is 22.4 Å². The molecular formula is C23H28N2O5S. The first kappa shape index (κ1) is 22.8. The first-order valence-electron chi connectivity index (χ1n) is 10.5. The molecule has 3 N–H and O–H groups in total. The second-order valence-electron chi connectivity index (χ2n) is 7.91. The van der Waals surface area contributed by atoms with Gasteiger partial charge in [0.25, 0.3) is 5.91 Å². The molecule has 0 radical (unpaired) electrons. The van der Waals surface area contributed by atoms with Crippen molar-refractivity contribution in [3.8, 4) is 5.75 Å². The minimum absolute atomic E-state index is 0.0703. The maximum Gasteiger partial charge on any atom is 0.303 e. The Morgan fingerprint density at radius 2 is 1.77 bits per heavy atom. The van der Waals surface area contributed by atoms with E-state index < -0.39 is 5.97 Å². The van der Waals surface area contributed by atoms with Crippen molar-refractivity contribution < 1.29 is 24.2 Å². The predicted octanol–water partition coefficient (Wildman–Crippen LogP) is 4.72. The Balaban J connectivity index is 1.82. The van der Waals surface area contributed by atoms with Crippen LogP contribution in [0, 0.1) is 5.92 Å². The number of carbonyl (C=O) groups is 3. The number of aryl methyl sites for hydroxylation is 1. The SMILES string of the molecule is COc1ccc(NC(=O)c2c(NC(=O)C[C@@H](C)CC(=O)O)sc3c2CCCCC3)cc1. The molecule has 166 valence electrons. The van der Waals surface area contributed by atoms with E-state index in [2.05, 4.69) is 10.6 Å². The average Bonchev–Trinajstić information content (AvgIpc) is 2.88. The number of rotatable bonds is 8. The first-order valence-corrected chi connectivity index (χ1v) is 11.3. The fraction of sp³-hybridized carbons (Fsp3) is 0.435. The van der Waals surface area contributed by atoms with Crippen molar-refractivity contribution in [2.24, 2.45) is 5.92 Å². The molecule has 1 aliphatic carbocycles. The Morgan fingerprint density at radius 1 is 1.06 bits per heavy atom. The predicted molar refractivity (Wildman–Crippen MR) is 121 cm³/mol. The van der Waals surface area contributed by atoms with Crippen LogP contribution in [0.2, 0.25) is 0 Å². The minimum Gasteiger partial charge on any atom is -0.497 e. The Bertz CT molecular complexity index is 952. The summed E-state index contributed by atoms with van der Waals surface area (Å²) in [5, 5.41) is 15.3. The van der Waals surface area contributed by atoms with Crippen molar-refractivity contribution in [3.63, 3.8) is 0 Å². The van der Waals surface area contributed by atoms with Gasteiger partial charge in [-0.15, -0.1) is 11.3 Å². The number of methoxy groups -OCH3 is 1. The molecule has 1 aromatic heterocycles. The van der Waals surface area contributed by atoms with Crippen molar-refractivity contribution in [2.45, 2.75) is 51.9 Å². The number of carboxylic acids is 1. The molecule has 0 unspecified atom stereocenters. The standard InChI is InChI=1S/C23H28N2O5S/c1-14(13-20(27)28)12-19(26)25-23-21(17-6-4-3-5-7-18(17)31-23)22(29)24-15-8-10-16(30-2)11-9-15/h8-11,14H,3-7,12-13H2,1-2H3,(H,24,29)(H,25,26)(H,27,28)/t14-/m1/s1. The van der Waals surface area contributed by atoms with E-state index in [1.54, 1.807) is 38.3 Å². The van der Waals surface area contributed by atoms with Gasteiger partial charge in [0.05, 0.1) is 12.7 Å². The number of carboxylic acid groups (broad SMARTS) is 1. The lowest BCUT2D eigenvalue weighted by Crippen LogP contribution is -2.20.